The Morgan fingerprint density at radius 3 is 2.25 bits per heavy atom. The number of carbonyl (C=O) groups is 2. The summed E-state index contributed by atoms with van der Waals surface area (Å²) in [4.78, 5) is 23.1. The topological polar surface area (TPSA) is 82.7 Å². The van der Waals surface area contributed by atoms with E-state index < -0.39 is 18.0 Å². The van der Waals surface area contributed by atoms with Crippen molar-refractivity contribution in [3.05, 3.63) is 35.4 Å². The van der Waals surface area contributed by atoms with E-state index in [1.807, 2.05) is 31.2 Å². The molecular formula is C13H20N4O3. The molecule has 2 amide bonds. The monoisotopic (exact) mass is 280 g/mol. The Balaban J connectivity index is 2.80. The third kappa shape index (κ3) is 4.87. The van der Waals surface area contributed by atoms with Crippen molar-refractivity contribution in [1.82, 2.24) is 21.3 Å². The molecule has 0 spiro atoms. The maximum absolute atomic E-state index is 12.1. The summed E-state index contributed by atoms with van der Waals surface area (Å²) in [6, 6.07) is 6.92. The van der Waals surface area contributed by atoms with E-state index in [4.69, 9.17) is 0 Å². The van der Waals surface area contributed by atoms with E-state index in [0.29, 0.717) is 0 Å². The third-order valence-electron chi connectivity index (χ3n) is 2.53. The first kappa shape index (κ1) is 15.9. The average Bonchev–Trinajstić information content (AvgIpc) is 2.42. The van der Waals surface area contributed by atoms with Crippen molar-refractivity contribution >= 4 is 12.0 Å². The predicted octanol–water partition coefficient (Wildman–Crippen LogP) is 0.490. The summed E-state index contributed by atoms with van der Waals surface area (Å²) >= 11 is 0. The maximum Gasteiger partial charge on any atom is 0.425 e. The fourth-order valence-corrected chi connectivity index (χ4v) is 1.54. The summed E-state index contributed by atoms with van der Waals surface area (Å²) in [6.07, 6.45) is -0.731. The van der Waals surface area contributed by atoms with Crippen molar-refractivity contribution in [1.29, 1.82) is 0 Å². The molecular weight excluding hydrogens is 260 g/mol. The minimum atomic E-state index is -0.731. The molecule has 1 rings (SSSR count). The van der Waals surface area contributed by atoms with Gasteiger partial charge in [-0.3, -0.25) is 10.2 Å². The molecule has 0 saturated carbocycles. The summed E-state index contributed by atoms with van der Waals surface area (Å²) in [5, 5.41) is 1.67. The predicted molar refractivity (Wildman–Crippen MR) is 74.4 cm³/mol. The molecule has 7 heteroatoms. The second kappa shape index (κ2) is 7.46. The number of methoxy groups -OCH3 is 1. The standard InChI is InChI=1S/C13H20N4O3/c1-9-5-7-10(8-6-9)11(16-17(2)3)12(18)14-15-13(19)20-4/h5-8,11,16H,1-4H3,(H,14,18)(H,15,19). The first-order valence-corrected chi connectivity index (χ1v) is 6.08. The number of hydrogen-bond donors (Lipinski definition) is 3. The van der Waals surface area contributed by atoms with Gasteiger partial charge in [0.2, 0.25) is 0 Å². The van der Waals surface area contributed by atoms with Crippen LogP contribution >= 0.6 is 0 Å². The summed E-state index contributed by atoms with van der Waals surface area (Å²) < 4.78 is 4.39. The second-order valence-corrected chi connectivity index (χ2v) is 4.47. The number of nitrogens with one attached hydrogen (secondary N) is 3. The molecule has 0 aliphatic carbocycles. The van der Waals surface area contributed by atoms with Crippen LogP contribution in [0.3, 0.4) is 0 Å². The first-order valence-electron chi connectivity index (χ1n) is 6.08. The molecule has 0 aromatic heterocycles. The minimum absolute atomic E-state index is 0.395. The molecule has 0 aliphatic heterocycles. The van der Waals surface area contributed by atoms with E-state index in [2.05, 4.69) is 21.0 Å². The number of aryl methyl sites for hydroxylation is 1. The van der Waals surface area contributed by atoms with Crippen LogP contribution in [0, 0.1) is 6.92 Å². The molecule has 1 atom stereocenters. The van der Waals surface area contributed by atoms with Gasteiger partial charge in [0.15, 0.2) is 0 Å². The van der Waals surface area contributed by atoms with Crippen molar-refractivity contribution < 1.29 is 14.3 Å². The highest BCUT2D eigenvalue weighted by Gasteiger charge is 2.21. The largest absolute Gasteiger partial charge is 0.452 e. The van der Waals surface area contributed by atoms with E-state index in [-0.39, 0.29) is 0 Å². The Kier molecular flexibility index (Phi) is 5.95. The summed E-state index contributed by atoms with van der Waals surface area (Å²) in [6.45, 7) is 1.97. The summed E-state index contributed by atoms with van der Waals surface area (Å²) in [5.41, 5.74) is 9.32. The molecule has 0 bridgehead atoms. The summed E-state index contributed by atoms with van der Waals surface area (Å²) in [5.74, 6) is -0.395. The lowest BCUT2D eigenvalue weighted by Crippen LogP contribution is -2.49. The highest BCUT2D eigenvalue weighted by molar-refractivity contribution is 5.84. The Labute approximate surface area is 118 Å². The number of hydrogen-bond acceptors (Lipinski definition) is 5. The van der Waals surface area contributed by atoms with Gasteiger partial charge in [0.1, 0.15) is 6.04 Å². The Bertz CT molecular complexity index is 459. The van der Waals surface area contributed by atoms with Crippen LogP contribution < -0.4 is 16.3 Å². The van der Waals surface area contributed by atoms with Crippen molar-refractivity contribution in [3.8, 4) is 0 Å². The molecule has 1 aromatic rings. The molecule has 1 aromatic carbocycles. The van der Waals surface area contributed by atoms with Gasteiger partial charge in [-0.1, -0.05) is 29.8 Å². The molecule has 7 nitrogen and oxygen atoms in total. The second-order valence-electron chi connectivity index (χ2n) is 4.47. The normalized spacial score (nSPS) is 11.8. The molecule has 0 fully saturated rings. The van der Waals surface area contributed by atoms with Gasteiger partial charge in [0.25, 0.3) is 5.91 Å². The molecule has 0 saturated heterocycles. The van der Waals surface area contributed by atoms with E-state index >= 15 is 0 Å². The number of rotatable bonds is 4. The van der Waals surface area contributed by atoms with Gasteiger partial charge in [-0.05, 0) is 12.5 Å². The van der Waals surface area contributed by atoms with Crippen LogP contribution in [-0.4, -0.2) is 38.2 Å². The quantitative estimate of drug-likeness (QED) is 0.699. The van der Waals surface area contributed by atoms with Crippen LogP contribution in [0.1, 0.15) is 17.2 Å². The number of carbonyl (C=O) groups excluding carboxylic acids is 2. The van der Waals surface area contributed by atoms with Gasteiger partial charge in [-0.15, -0.1) is 0 Å². The average molecular weight is 280 g/mol. The van der Waals surface area contributed by atoms with Gasteiger partial charge in [0.05, 0.1) is 7.11 Å². The number of amides is 2. The van der Waals surface area contributed by atoms with Gasteiger partial charge in [-0.2, -0.15) is 0 Å². The third-order valence-corrected chi connectivity index (χ3v) is 2.53. The van der Waals surface area contributed by atoms with Crippen LogP contribution in [0.5, 0.6) is 0 Å². The van der Waals surface area contributed by atoms with E-state index in [9.17, 15) is 9.59 Å². The molecule has 110 valence electrons. The van der Waals surface area contributed by atoms with Crippen molar-refractivity contribution in [3.63, 3.8) is 0 Å². The van der Waals surface area contributed by atoms with E-state index in [0.717, 1.165) is 11.1 Å². The van der Waals surface area contributed by atoms with Gasteiger partial charge in [0, 0.05) is 14.1 Å². The highest BCUT2D eigenvalue weighted by Crippen LogP contribution is 2.14. The number of hydrazine groups is 2. The molecule has 0 heterocycles. The van der Waals surface area contributed by atoms with Gasteiger partial charge < -0.3 is 4.74 Å². The fourth-order valence-electron chi connectivity index (χ4n) is 1.54. The number of ether oxygens (including phenoxy) is 1. The van der Waals surface area contributed by atoms with Crippen LogP contribution in [0.2, 0.25) is 0 Å². The minimum Gasteiger partial charge on any atom is -0.452 e. The van der Waals surface area contributed by atoms with Crippen LogP contribution in [0.25, 0.3) is 0 Å². The number of nitrogens with zero attached hydrogens (tertiary/aromatic N) is 1. The lowest BCUT2D eigenvalue weighted by Gasteiger charge is -2.22. The van der Waals surface area contributed by atoms with Gasteiger partial charge >= 0.3 is 6.09 Å². The lowest BCUT2D eigenvalue weighted by atomic mass is 10.1. The Morgan fingerprint density at radius 1 is 1.15 bits per heavy atom. The molecule has 3 N–H and O–H groups in total. The first-order chi connectivity index (χ1) is 9.43. The zero-order valence-corrected chi connectivity index (χ0v) is 12.1. The van der Waals surface area contributed by atoms with Crippen LogP contribution in [0.15, 0.2) is 24.3 Å². The molecule has 1 unspecified atom stereocenters. The van der Waals surface area contributed by atoms with E-state index in [1.165, 1.54) is 7.11 Å². The highest BCUT2D eigenvalue weighted by atomic mass is 16.5. The van der Waals surface area contributed by atoms with Crippen LogP contribution in [-0.2, 0) is 9.53 Å². The van der Waals surface area contributed by atoms with Crippen molar-refractivity contribution in [2.45, 2.75) is 13.0 Å². The SMILES string of the molecule is COC(=O)NNC(=O)C(NN(C)C)c1ccc(C)cc1. The Morgan fingerprint density at radius 2 is 1.75 bits per heavy atom. The molecule has 20 heavy (non-hydrogen) atoms. The Hall–Kier alpha value is -2.12. The number of benzene rings is 1. The van der Waals surface area contributed by atoms with Crippen molar-refractivity contribution in [2.24, 2.45) is 0 Å². The lowest BCUT2D eigenvalue weighted by molar-refractivity contribution is -0.125. The zero-order valence-electron chi connectivity index (χ0n) is 12.1. The molecule has 0 aliphatic rings. The van der Waals surface area contributed by atoms with Crippen LogP contribution in [0.4, 0.5) is 4.79 Å². The zero-order chi connectivity index (χ0) is 15.1. The van der Waals surface area contributed by atoms with E-state index in [1.54, 1.807) is 19.1 Å². The molecule has 0 radical (unpaired) electrons. The smallest absolute Gasteiger partial charge is 0.425 e. The summed E-state index contributed by atoms with van der Waals surface area (Å²) in [7, 11) is 4.78. The fraction of sp³-hybridized carbons (Fsp3) is 0.385. The van der Waals surface area contributed by atoms with Crippen molar-refractivity contribution in [2.75, 3.05) is 21.2 Å². The van der Waals surface area contributed by atoms with Gasteiger partial charge in [-0.25, -0.2) is 20.7 Å². The maximum atomic E-state index is 12.1.